The summed E-state index contributed by atoms with van der Waals surface area (Å²) in [5, 5.41) is 9.18. The van der Waals surface area contributed by atoms with Gasteiger partial charge in [0, 0.05) is 25.4 Å². The Bertz CT molecular complexity index is 393. The molecule has 7 heteroatoms. The number of ether oxygens (including phenoxy) is 1. The van der Waals surface area contributed by atoms with Crippen LogP contribution < -0.4 is 0 Å². The van der Waals surface area contributed by atoms with E-state index in [0.717, 1.165) is 19.3 Å². The molecule has 1 N–H and O–H groups in total. The fourth-order valence-corrected chi connectivity index (χ4v) is 3.98. The second-order valence-electron chi connectivity index (χ2n) is 5.56. The Labute approximate surface area is 129 Å². The molecule has 120 valence electrons. The number of nitrogens with zero attached hydrogens (tertiary/aromatic N) is 2. The number of carboxylic acid groups (broad SMARTS) is 1. The number of urea groups is 1. The summed E-state index contributed by atoms with van der Waals surface area (Å²) in [7, 11) is 0. The minimum absolute atomic E-state index is 0.0801. The van der Waals surface area contributed by atoms with Gasteiger partial charge in [-0.2, -0.15) is 0 Å². The molecule has 0 saturated carbocycles. The molecule has 0 radical (unpaired) electrons. The number of carboxylic acids is 1. The van der Waals surface area contributed by atoms with Crippen LogP contribution in [0.2, 0.25) is 0 Å². The van der Waals surface area contributed by atoms with Gasteiger partial charge >= 0.3 is 12.0 Å². The van der Waals surface area contributed by atoms with E-state index in [0.29, 0.717) is 25.4 Å². The number of carbonyl (C=O) groups is 2. The summed E-state index contributed by atoms with van der Waals surface area (Å²) in [4.78, 5) is 27.2. The van der Waals surface area contributed by atoms with Crippen LogP contribution in [0.5, 0.6) is 0 Å². The predicted molar refractivity (Wildman–Crippen MR) is 81.4 cm³/mol. The molecule has 2 aliphatic heterocycles. The maximum atomic E-state index is 12.7. The van der Waals surface area contributed by atoms with Gasteiger partial charge in [0.25, 0.3) is 0 Å². The average molecular weight is 316 g/mol. The van der Waals surface area contributed by atoms with Crippen molar-refractivity contribution < 1.29 is 19.4 Å². The molecule has 6 nitrogen and oxygen atoms in total. The molecule has 0 aromatic rings. The summed E-state index contributed by atoms with van der Waals surface area (Å²) in [6.45, 7) is 5.91. The fraction of sp³-hybridized carbons (Fsp3) is 0.857. The van der Waals surface area contributed by atoms with Crippen molar-refractivity contribution in [2.75, 3.05) is 25.4 Å². The Morgan fingerprint density at radius 3 is 2.86 bits per heavy atom. The highest BCUT2D eigenvalue weighted by atomic mass is 32.2. The summed E-state index contributed by atoms with van der Waals surface area (Å²) >= 11 is 1.52. The van der Waals surface area contributed by atoms with Gasteiger partial charge in [0.2, 0.25) is 0 Å². The van der Waals surface area contributed by atoms with Gasteiger partial charge in [-0.05, 0) is 26.2 Å². The lowest BCUT2D eigenvalue weighted by Gasteiger charge is -2.37. The maximum Gasteiger partial charge on any atom is 0.327 e. The van der Waals surface area contributed by atoms with Crippen molar-refractivity contribution in [2.45, 2.75) is 50.6 Å². The SMILES string of the molecule is CCCOC1CCCN(C(=O)N2C(C)SCC2C(=O)O)C1. The summed E-state index contributed by atoms with van der Waals surface area (Å²) in [5.74, 6) is -0.456. The van der Waals surface area contributed by atoms with Gasteiger partial charge in [-0.3, -0.25) is 4.90 Å². The number of aliphatic carboxylic acids is 1. The molecule has 0 aromatic carbocycles. The van der Waals surface area contributed by atoms with Crippen molar-refractivity contribution in [2.24, 2.45) is 0 Å². The van der Waals surface area contributed by atoms with Crippen molar-refractivity contribution in [3.05, 3.63) is 0 Å². The number of rotatable bonds is 4. The predicted octanol–water partition coefficient (Wildman–Crippen LogP) is 1.85. The summed E-state index contributed by atoms with van der Waals surface area (Å²) in [6, 6.07) is -0.876. The van der Waals surface area contributed by atoms with E-state index < -0.39 is 12.0 Å². The minimum atomic E-state index is -0.920. The zero-order valence-corrected chi connectivity index (χ0v) is 13.5. The van der Waals surface area contributed by atoms with Gasteiger partial charge < -0.3 is 14.7 Å². The Balaban J connectivity index is 1.99. The number of carbonyl (C=O) groups excluding carboxylic acids is 1. The minimum Gasteiger partial charge on any atom is -0.480 e. The van der Waals surface area contributed by atoms with Gasteiger partial charge in [-0.1, -0.05) is 6.92 Å². The Morgan fingerprint density at radius 1 is 1.43 bits per heavy atom. The molecular formula is C14H24N2O4S. The Kier molecular flexibility index (Phi) is 5.75. The standard InChI is InChI=1S/C14H24N2O4S/c1-3-7-20-11-5-4-6-15(8-11)14(19)16-10(2)21-9-12(16)13(17)18/h10-12H,3-9H2,1-2H3,(H,17,18). The van der Waals surface area contributed by atoms with Crippen LogP contribution in [0, 0.1) is 0 Å². The van der Waals surface area contributed by atoms with Gasteiger partial charge in [-0.25, -0.2) is 9.59 Å². The van der Waals surface area contributed by atoms with Crippen LogP contribution in [0.15, 0.2) is 0 Å². The zero-order chi connectivity index (χ0) is 15.4. The maximum absolute atomic E-state index is 12.7. The highest BCUT2D eigenvalue weighted by molar-refractivity contribution is 8.00. The largest absolute Gasteiger partial charge is 0.480 e. The zero-order valence-electron chi connectivity index (χ0n) is 12.7. The van der Waals surface area contributed by atoms with E-state index in [1.165, 1.54) is 16.7 Å². The van der Waals surface area contributed by atoms with Crippen LogP contribution >= 0.6 is 11.8 Å². The van der Waals surface area contributed by atoms with Gasteiger partial charge in [-0.15, -0.1) is 11.8 Å². The van der Waals surface area contributed by atoms with Crippen LogP contribution in [0.1, 0.15) is 33.1 Å². The van der Waals surface area contributed by atoms with Crippen molar-refractivity contribution >= 4 is 23.8 Å². The molecule has 2 rings (SSSR count). The number of thioether (sulfide) groups is 1. The van der Waals surface area contributed by atoms with E-state index in [-0.39, 0.29) is 17.5 Å². The Morgan fingerprint density at radius 2 is 2.19 bits per heavy atom. The van der Waals surface area contributed by atoms with E-state index in [4.69, 9.17) is 4.74 Å². The Hall–Kier alpha value is -0.950. The van der Waals surface area contributed by atoms with Gasteiger partial charge in [0.05, 0.1) is 11.5 Å². The number of likely N-dealkylation sites (tertiary alicyclic amines) is 1. The lowest BCUT2D eigenvalue weighted by atomic mass is 10.1. The molecule has 2 fully saturated rings. The molecule has 0 aromatic heterocycles. The number of hydrogen-bond acceptors (Lipinski definition) is 4. The quantitative estimate of drug-likeness (QED) is 0.857. The third kappa shape index (κ3) is 3.83. The van der Waals surface area contributed by atoms with Crippen molar-refractivity contribution in [3.8, 4) is 0 Å². The lowest BCUT2D eigenvalue weighted by Crippen LogP contribution is -2.54. The molecule has 21 heavy (non-hydrogen) atoms. The van der Waals surface area contributed by atoms with Gasteiger partial charge in [0.15, 0.2) is 0 Å². The summed E-state index contributed by atoms with van der Waals surface area (Å²) in [6.07, 6.45) is 2.92. The van der Waals surface area contributed by atoms with E-state index in [9.17, 15) is 14.7 Å². The summed E-state index contributed by atoms with van der Waals surface area (Å²) < 4.78 is 5.74. The highest BCUT2D eigenvalue weighted by Crippen LogP contribution is 2.30. The van der Waals surface area contributed by atoms with Crippen molar-refractivity contribution in [1.82, 2.24) is 9.80 Å². The first-order valence-electron chi connectivity index (χ1n) is 7.57. The van der Waals surface area contributed by atoms with E-state index in [1.807, 2.05) is 6.92 Å². The number of amides is 2. The smallest absolute Gasteiger partial charge is 0.327 e. The first kappa shape index (κ1) is 16.4. The topological polar surface area (TPSA) is 70.1 Å². The van der Waals surface area contributed by atoms with Crippen LogP contribution in [0.25, 0.3) is 0 Å². The molecular weight excluding hydrogens is 292 g/mol. The van der Waals surface area contributed by atoms with Crippen LogP contribution in [-0.2, 0) is 9.53 Å². The lowest BCUT2D eigenvalue weighted by molar-refractivity contribution is -0.141. The molecule has 0 spiro atoms. The van der Waals surface area contributed by atoms with E-state index >= 15 is 0 Å². The molecule has 2 heterocycles. The average Bonchev–Trinajstić information content (AvgIpc) is 2.86. The van der Waals surface area contributed by atoms with Crippen LogP contribution in [-0.4, -0.2) is 69.9 Å². The molecule has 2 amide bonds. The summed E-state index contributed by atoms with van der Waals surface area (Å²) in [5.41, 5.74) is 0. The number of piperidine rings is 1. The van der Waals surface area contributed by atoms with E-state index in [2.05, 4.69) is 6.92 Å². The third-order valence-electron chi connectivity index (χ3n) is 3.94. The molecule has 2 saturated heterocycles. The highest BCUT2D eigenvalue weighted by Gasteiger charge is 2.42. The molecule has 3 unspecified atom stereocenters. The normalized spacial score (nSPS) is 29.7. The van der Waals surface area contributed by atoms with Crippen LogP contribution in [0.4, 0.5) is 4.79 Å². The fourth-order valence-electron chi connectivity index (χ4n) is 2.82. The second-order valence-corrected chi connectivity index (χ2v) is 6.91. The molecule has 3 atom stereocenters. The first-order valence-corrected chi connectivity index (χ1v) is 8.62. The second kappa shape index (κ2) is 7.35. The number of hydrogen-bond donors (Lipinski definition) is 1. The molecule has 0 bridgehead atoms. The van der Waals surface area contributed by atoms with Crippen LogP contribution in [0.3, 0.4) is 0 Å². The molecule has 0 aliphatic carbocycles. The van der Waals surface area contributed by atoms with E-state index in [1.54, 1.807) is 4.90 Å². The van der Waals surface area contributed by atoms with Crippen molar-refractivity contribution in [1.29, 1.82) is 0 Å². The third-order valence-corrected chi connectivity index (χ3v) is 5.15. The first-order chi connectivity index (χ1) is 10.0. The monoisotopic (exact) mass is 316 g/mol. The van der Waals surface area contributed by atoms with Gasteiger partial charge in [0.1, 0.15) is 6.04 Å². The van der Waals surface area contributed by atoms with Crippen molar-refractivity contribution in [3.63, 3.8) is 0 Å². The molecule has 2 aliphatic rings.